The van der Waals surface area contributed by atoms with E-state index in [-0.39, 0.29) is 6.04 Å². The second kappa shape index (κ2) is 8.70. The fourth-order valence-corrected chi connectivity index (χ4v) is 3.72. The average Bonchev–Trinajstić information content (AvgIpc) is 3.30. The van der Waals surface area contributed by atoms with E-state index in [1.165, 1.54) is 6.20 Å². The first kappa shape index (κ1) is 21.2. The van der Waals surface area contributed by atoms with Crippen molar-refractivity contribution in [2.24, 2.45) is 0 Å². The highest BCUT2D eigenvalue weighted by Crippen LogP contribution is 2.24. The molecule has 168 valence electrons. The van der Waals surface area contributed by atoms with E-state index in [9.17, 15) is 9.59 Å². The molecular formula is C25H21N7O2. The van der Waals surface area contributed by atoms with Crippen LogP contribution in [0.1, 0.15) is 40.6 Å². The minimum atomic E-state index is -0.481. The molecule has 2 amide bonds. The van der Waals surface area contributed by atoms with Crippen molar-refractivity contribution >= 4 is 33.8 Å². The van der Waals surface area contributed by atoms with Crippen LogP contribution in [-0.2, 0) is 0 Å². The maximum absolute atomic E-state index is 13.1. The largest absolute Gasteiger partial charge is 0.271 e. The molecule has 34 heavy (non-hydrogen) atoms. The fourth-order valence-electron chi connectivity index (χ4n) is 3.72. The lowest BCUT2D eigenvalue weighted by Crippen LogP contribution is -2.41. The molecule has 1 aromatic carbocycles. The quantitative estimate of drug-likeness (QED) is 0.403. The monoisotopic (exact) mass is 451 g/mol. The molecular weight excluding hydrogens is 430 g/mol. The Bertz CT molecular complexity index is 1530. The van der Waals surface area contributed by atoms with Gasteiger partial charge in [-0.1, -0.05) is 18.2 Å². The summed E-state index contributed by atoms with van der Waals surface area (Å²) in [6.45, 7) is 4.01. The maximum Gasteiger partial charge on any atom is 0.271 e. The first-order valence-electron chi connectivity index (χ1n) is 10.8. The van der Waals surface area contributed by atoms with Crippen molar-refractivity contribution in [2.75, 3.05) is 0 Å². The number of carbonyl (C=O) groups excluding carboxylic acids is 2. The summed E-state index contributed by atoms with van der Waals surface area (Å²) in [4.78, 5) is 38.9. The summed E-state index contributed by atoms with van der Waals surface area (Å²) < 4.78 is 1.78. The molecule has 2 N–H and O–H groups in total. The highest BCUT2D eigenvalue weighted by atomic mass is 16.2. The molecule has 4 aromatic heterocycles. The van der Waals surface area contributed by atoms with Crippen molar-refractivity contribution in [3.05, 3.63) is 84.4 Å². The standard InChI is InChI=1S/C25H21N7O2/c1-15(2)32-23-17(14-28-32)10-18(13-27-23)24(33)30-31-25(34)20-11-22(16-6-5-9-26-12-16)29-21-8-4-3-7-19(20)21/h3-15H,1-2H3,(H,30,33)(H,31,34). The molecule has 4 heterocycles. The zero-order chi connectivity index (χ0) is 23.7. The van der Waals surface area contributed by atoms with E-state index < -0.39 is 11.8 Å². The zero-order valence-electron chi connectivity index (χ0n) is 18.6. The molecule has 0 radical (unpaired) electrons. The summed E-state index contributed by atoms with van der Waals surface area (Å²) in [6.07, 6.45) is 6.49. The van der Waals surface area contributed by atoms with E-state index in [0.29, 0.717) is 33.4 Å². The van der Waals surface area contributed by atoms with E-state index in [2.05, 4.69) is 30.9 Å². The number of rotatable bonds is 4. The topological polar surface area (TPSA) is 115 Å². The Balaban J connectivity index is 1.39. The second-order valence-electron chi connectivity index (χ2n) is 8.04. The molecule has 0 spiro atoms. The van der Waals surface area contributed by atoms with E-state index in [0.717, 1.165) is 10.9 Å². The fraction of sp³-hybridized carbons (Fsp3) is 0.120. The number of hydrazine groups is 1. The van der Waals surface area contributed by atoms with Crippen molar-refractivity contribution in [1.82, 2.24) is 35.6 Å². The predicted molar refractivity (Wildman–Crippen MR) is 128 cm³/mol. The van der Waals surface area contributed by atoms with E-state index in [1.807, 2.05) is 50.2 Å². The van der Waals surface area contributed by atoms with E-state index in [1.54, 1.807) is 35.4 Å². The van der Waals surface area contributed by atoms with Crippen LogP contribution in [0.2, 0.25) is 0 Å². The lowest BCUT2D eigenvalue weighted by molar-refractivity contribution is 0.0847. The number of benzene rings is 1. The average molecular weight is 451 g/mol. The number of nitrogens with zero attached hydrogens (tertiary/aromatic N) is 5. The first-order valence-corrected chi connectivity index (χ1v) is 10.8. The Morgan fingerprint density at radius 1 is 0.941 bits per heavy atom. The van der Waals surface area contributed by atoms with Gasteiger partial charge in [-0.25, -0.2) is 14.6 Å². The lowest BCUT2D eigenvalue weighted by Gasteiger charge is -2.11. The van der Waals surface area contributed by atoms with E-state index >= 15 is 0 Å². The van der Waals surface area contributed by atoms with Gasteiger partial charge in [-0.15, -0.1) is 0 Å². The van der Waals surface area contributed by atoms with Gasteiger partial charge in [0.25, 0.3) is 11.8 Å². The molecule has 0 bridgehead atoms. The minimum Gasteiger partial charge on any atom is -0.267 e. The van der Waals surface area contributed by atoms with Gasteiger partial charge < -0.3 is 0 Å². The van der Waals surface area contributed by atoms with Gasteiger partial charge >= 0.3 is 0 Å². The summed E-state index contributed by atoms with van der Waals surface area (Å²) in [5.74, 6) is -0.940. The molecule has 9 heteroatoms. The SMILES string of the molecule is CC(C)n1ncc2cc(C(=O)NNC(=O)c3cc(-c4cccnc4)nc4ccccc34)cnc21. The normalized spacial score (nSPS) is 11.1. The van der Waals surface area contributed by atoms with Crippen LogP contribution < -0.4 is 10.9 Å². The summed E-state index contributed by atoms with van der Waals surface area (Å²) in [6, 6.07) is 14.6. The summed E-state index contributed by atoms with van der Waals surface area (Å²) >= 11 is 0. The number of amides is 2. The molecule has 0 aliphatic heterocycles. The van der Waals surface area contributed by atoms with Crippen molar-refractivity contribution in [1.29, 1.82) is 0 Å². The van der Waals surface area contributed by atoms with Crippen molar-refractivity contribution in [3.8, 4) is 11.3 Å². The Kier molecular flexibility index (Phi) is 5.43. The van der Waals surface area contributed by atoms with Crippen LogP contribution in [0.15, 0.2) is 73.3 Å². The summed E-state index contributed by atoms with van der Waals surface area (Å²) in [5.41, 5.74) is 8.44. The molecule has 0 atom stereocenters. The van der Waals surface area contributed by atoms with Crippen LogP contribution >= 0.6 is 0 Å². The Morgan fingerprint density at radius 2 is 1.76 bits per heavy atom. The van der Waals surface area contributed by atoms with Crippen molar-refractivity contribution < 1.29 is 9.59 Å². The molecule has 0 aliphatic rings. The minimum absolute atomic E-state index is 0.149. The molecule has 0 unspecified atom stereocenters. The van der Waals surface area contributed by atoms with Crippen molar-refractivity contribution in [2.45, 2.75) is 19.9 Å². The number of para-hydroxylation sites is 1. The van der Waals surface area contributed by atoms with Crippen LogP contribution in [0.4, 0.5) is 0 Å². The third-order valence-corrected chi connectivity index (χ3v) is 5.39. The molecule has 0 saturated heterocycles. The summed E-state index contributed by atoms with van der Waals surface area (Å²) in [5, 5.41) is 5.73. The number of hydrogen-bond acceptors (Lipinski definition) is 6. The number of fused-ring (bicyclic) bond motifs is 2. The van der Waals surface area contributed by atoms with Gasteiger partial charge in [0.05, 0.1) is 28.5 Å². The molecule has 0 fully saturated rings. The third kappa shape index (κ3) is 3.95. The van der Waals surface area contributed by atoms with Gasteiger partial charge in [-0.3, -0.25) is 25.4 Å². The van der Waals surface area contributed by atoms with Gasteiger partial charge in [0.2, 0.25) is 0 Å². The third-order valence-electron chi connectivity index (χ3n) is 5.39. The van der Waals surface area contributed by atoms with Crippen LogP contribution in [0, 0.1) is 0 Å². The van der Waals surface area contributed by atoms with Crippen LogP contribution in [-0.4, -0.2) is 36.5 Å². The molecule has 9 nitrogen and oxygen atoms in total. The number of aromatic nitrogens is 5. The van der Waals surface area contributed by atoms with Gasteiger partial charge in [0.1, 0.15) is 0 Å². The van der Waals surface area contributed by atoms with Gasteiger partial charge in [0.15, 0.2) is 5.65 Å². The van der Waals surface area contributed by atoms with Gasteiger partial charge in [0, 0.05) is 41.0 Å². The highest BCUT2D eigenvalue weighted by molar-refractivity contribution is 6.08. The highest BCUT2D eigenvalue weighted by Gasteiger charge is 2.16. The first-order chi connectivity index (χ1) is 16.5. The number of nitrogens with one attached hydrogen (secondary N) is 2. The number of hydrogen-bond donors (Lipinski definition) is 2. The number of carbonyl (C=O) groups is 2. The molecule has 0 saturated carbocycles. The van der Waals surface area contributed by atoms with Gasteiger partial charge in [-0.05, 0) is 44.2 Å². The van der Waals surface area contributed by atoms with Crippen LogP contribution in [0.5, 0.6) is 0 Å². The Morgan fingerprint density at radius 3 is 2.56 bits per heavy atom. The molecule has 5 aromatic rings. The van der Waals surface area contributed by atoms with Gasteiger partial charge in [-0.2, -0.15) is 5.10 Å². The Labute approximate surface area is 194 Å². The Hall–Kier alpha value is -4.66. The molecule has 5 rings (SSSR count). The maximum atomic E-state index is 13.1. The lowest BCUT2D eigenvalue weighted by atomic mass is 10.0. The summed E-state index contributed by atoms with van der Waals surface area (Å²) in [7, 11) is 0. The van der Waals surface area contributed by atoms with Crippen LogP contribution in [0.3, 0.4) is 0 Å². The predicted octanol–water partition coefficient (Wildman–Crippen LogP) is 3.70. The van der Waals surface area contributed by atoms with E-state index in [4.69, 9.17) is 0 Å². The van der Waals surface area contributed by atoms with Crippen molar-refractivity contribution in [3.63, 3.8) is 0 Å². The zero-order valence-corrected chi connectivity index (χ0v) is 18.6. The number of pyridine rings is 3. The second-order valence-corrected chi connectivity index (χ2v) is 8.04. The smallest absolute Gasteiger partial charge is 0.267 e. The van der Waals surface area contributed by atoms with Crippen LogP contribution in [0.25, 0.3) is 33.2 Å². The molecule has 0 aliphatic carbocycles.